The van der Waals surface area contributed by atoms with Crippen LogP contribution in [0.3, 0.4) is 0 Å². The van der Waals surface area contributed by atoms with Gasteiger partial charge in [0.1, 0.15) is 13.2 Å². The van der Waals surface area contributed by atoms with Gasteiger partial charge in [-0.1, -0.05) is 217 Å². The quantitative estimate of drug-likeness (QED) is 0.0211. The molecule has 0 aliphatic rings. The summed E-state index contributed by atoms with van der Waals surface area (Å²) in [4.78, 5) is 37.4. The maximum absolute atomic E-state index is 12.9. The first-order chi connectivity index (χ1) is 33.1. The summed E-state index contributed by atoms with van der Waals surface area (Å²) in [7, 11) is 5.97. The van der Waals surface area contributed by atoms with Crippen LogP contribution in [0.1, 0.15) is 264 Å². The third-order valence-electron chi connectivity index (χ3n) is 12.6. The highest BCUT2D eigenvalue weighted by atomic mass is 16.7. The van der Waals surface area contributed by atoms with Gasteiger partial charge in [0.25, 0.3) is 6.29 Å². The van der Waals surface area contributed by atoms with Gasteiger partial charge in [-0.3, -0.25) is 9.59 Å². The van der Waals surface area contributed by atoms with Crippen LogP contribution in [0.4, 0.5) is 0 Å². The Morgan fingerprint density at radius 2 is 0.794 bits per heavy atom. The van der Waals surface area contributed by atoms with E-state index in [2.05, 4.69) is 50.3 Å². The molecule has 2 unspecified atom stereocenters. The Balaban J connectivity index is 4.24. The highest BCUT2D eigenvalue weighted by molar-refractivity contribution is 5.71. The van der Waals surface area contributed by atoms with E-state index in [9.17, 15) is 19.5 Å². The molecule has 0 aromatic carbocycles. The van der Waals surface area contributed by atoms with Gasteiger partial charge in [0.05, 0.1) is 34.4 Å². The van der Waals surface area contributed by atoms with Crippen LogP contribution in [-0.2, 0) is 33.3 Å². The SMILES string of the molecule is CCCCCCC/C=C\C/C=C\CCCCCCCCCCCCCCCC(=O)OC(COC(=O)CCCCCCCCC/C=C\CCCCCCCCC)COC(OCC[N+](C)(C)C)C(=O)O. The smallest absolute Gasteiger partial charge is 0.361 e. The zero-order valence-electron chi connectivity index (χ0n) is 45.3. The van der Waals surface area contributed by atoms with Gasteiger partial charge in [-0.15, -0.1) is 0 Å². The first-order valence-electron chi connectivity index (χ1n) is 28.7. The number of unbranched alkanes of at least 4 members (excludes halogenated alkanes) is 32. The number of hydrogen-bond donors (Lipinski definition) is 1. The molecule has 0 aromatic heterocycles. The van der Waals surface area contributed by atoms with E-state index in [4.69, 9.17) is 18.9 Å². The monoisotopic (exact) mass is 961 g/mol. The summed E-state index contributed by atoms with van der Waals surface area (Å²) in [5.74, 6) is -2.00. The highest BCUT2D eigenvalue weighted by Gasteiger charge is 2.25. The Hall–Kier alpha value is -2.49. The Morgan fingerprint density at radius 1 is 0.441 bits per heavy atom. The van der Waals surface area contributed by atoms with E-state index >= 15 is 0 Å². The number of esters is 2. The fourth-order valence-electron chi connectivity index (χ4n) is 8.16. The number of carbonyl (C=O) groups is 3. The Labute approximate surface area is 420 Å². The molecule has 1 N–H and O–H groups in total. The number of carbonyl (C=O) groups excluding carboxylic acids is 2. The molecular weight excluding hydrogens is 851 g/mol. The van der Waals surface area contributed by atoms with Crippen molar-refractivity contribution in [2.24, 2.45) is 0 Å². The highest BCUT2D eigenvalue weighted by Crippen LogP contribution is 2.16. The summed E-state index contributed by atoms with van der Waals surface area (Å²) < 4.78 is 22.9. The Morgan fingerprint density at radius 3 is 1.18 bits per heavy atom. The fourth-order valence-corrected chi connectivity index (χ4v) is 8.16. The predicted octanol–water partition coefficient (Wildman–Crippen LogP) is 16.5. The zero-order chi connectivity index (χ0) is 49.9. The predicted molar refractivity (Wildman–Crippen MR) is 286 cm³/mol. The van der Waals surface area contributed by atoms with Crippen LogP contribution in [0, 0.1) is 0 Å². The number of allylic oxidation sites excluding steroid dienone is 6. The first-order valence-corrected chi connectivity index (χ1v) is 28.7. The molecule has 9 heteroatoms. The van der Waals surface area contributed by atoms with E-state index in [1.807, 2.05) is 21.1 Å². The molecule has 9 nitrogen and oxygen atoms in total. The molecule has 0 aromatic rings. The molecule has 0 aliphatic heterocycles. The largest absolute Gasteiger partial charge is 0.477 e. The first kappa shape index (κ1) is 65.5. The molecule has 0 aliphatic carbocycles. The molecule has 2 atom stereocenters. The van der Waals surface area contributed by atoms with Crippen LogP contribution in [-0.4, -0.2) is 87.4 Å². The molecule has 68 heavy (non-hydrogen) atoms. The van der Waals surface area contributed by atoms with Crippen molar-refractivity contribution in [3.8, 4) is 0 Å². The van der Waals surface area contributed by atoms with Crippen molar-refractivity contribution in [1.82, 2.24) is 0 Å². The van der Waals surface area contributed by atoms with Gasteiger partial charge >= 0.3 is 17.9 Å². The standard InChI is InChI=1S/C59H109NO8/c1-6-8-10-12-14-16-18-20-22-24-26-27-28-29-30-31-32-34-36-38-40-42-44-46-48-50-57(62)68-55(54-67-59(58(63)64)65-52-51-60(3,4)5)53-66-56(61)49-47-45-43-41-39-37-35-33-25-23-21-19-17-15-13-11-9-7-2/h18,20,23-26,55,59H,6-17,19,21-22,27-54H2,1-5H3/p+1/b20-18-,25-23-,26-24-. The van der Waals surface area contributed by atoms with Crippen molar-refractivity contribution in [2.75, 3.05) is 47.5 Å². The second-order valence-electron chi connectivity index (χ2n) is 20.6. The lowest BCUT2D eigenvalue weighted by Crippen LogP contribution is -2.40. The summed E-state index contributed by atoms with van der Waals surface area (Å²) >= 11 is 0. The van der Waals surface area contributed by atoms with Crippen molar-refractivity contribution >= 4 is 17.9 Å². The van der Waals surface area contributed by atoms with Gasteiger partial charge in [0, 0.05) is 12.8 Å². The average Bonchev–Trinajstić information content (AvgIpc) is 3.30. The minimum Gasteiger partial charge on any atom is -0.477 e. The molecule has 0 spiro atoms. The Bertz CT molecular complexity index is 1210. The van der Waals surface area contributed by atoms with Gasteiger partial charge in [0.2, 0.25) is 0 Å². The summed E-state index contributed by atoms with van der Waals surface area (Å²) in [6.07, 6.45) is 57.8. The number of carboxylic acid groups (broad SMARTS) is 1. The topological polar surface area (TPSA) is 108 Å². The van der Waals surface area contributed by atoms with Gasteiger partial charge in [-0.25, -0.2) is 4.79 Å². The van der Waals surface area contributed by atoms with E-state index in [1.54, 1.807) is 0 Å². The lowest BCUT2D eigenvalue weighted by atomic mass is 10.0. The molecule has 0 heterocycles. The number of likely N-dealkylation sites (N-methyl/N-ethyl adjacent to an activating group) is 1. The van der Waals surface area contributed by atoms with Gasteiger partial charge in [-0.2, -0.15) is 0 Å². The number of aliphatic carboxylic acids is 1. The molecule has 0 amide bonds. The van der Waals surface area contributed by atoms with Gasteiger partial charge < -0.3 is 28.5 Å². The lowest BCUT2D eigenvalue weighted by molar-refractivity contribution is -0.870. The molecule has 0 bridgehead atoms. The number of ether oxygens (including phenoxy) is 4. The molecule has 0 saturated heterocycles. The third kappa shape index (κ3) is 51.4. The number of quaternary nitrogens is 1. The van der Waals surface area contributed by atoms with Crippen LogP contribution in [0.5, 0.6) is 0 Å². The van der Waals surface area contributed by atoms with E-state index < -0.39 is 24.3 Å². The van der Waals surface area contributed by atoms with Gasteiger partial charge in [-0.05, 0) is 70.6 Å². The maximum Gasteiger partial charge on any atom is 0.361 e. The summed E-state index contributed by atoms with van der Waals surface area (Å²) in [5, 5.41) is 9.69. The van der Waals surface area contributed by atoms with Crippen molar-refractivity contribution in [3.05, 3.63) is 36.5 Å². The van der Waals surface area contributed by atoms with Crippen molar-refractivity contribution in [3.63, 3.8) is 0 Å². The molecular formula is C59H110NO8+. The van der Waals surface area contributed by atoms with Crippen LogP contribution in [0.15, 0.2) is 36.5 Å². The summed E-state index contributed by atoms with van der Waals surface area (Å²) in [5.41, 5.74) is 0. The second-order valence-corrected chi connectivity index (χ2v) is 20.6. The lowest BCUT2D eigenvalue weighted by Gasteiger charge is -2.25. The second kappa shape index (κ2) is 50.9. The average molecular weight is 962 g/mol. The third-order valence-corrected chi connectivity index (χ3v) is 12.6. The van der Waals surface area contributed by atoms with E-state index in [1.165, 1.54) is 193 Å². The van der Waals surface area contributed by atoms with Crippen LogP contribution in [0.25, 0.3) is 0 Å². The fraction of sp³-hybridized carbons (Fsp3) is 0.847. The van der Waals surface area contributed by atoms with Crippen molar-refractivity contribution < 1.29 is 42.9 Å². The van der Waals surface area contributed by atoms with Gasteiger partial charge in [0.15, 0.2) is 6.10 Å². The Kier molecular flexibility index (Phi) is 49.0. The molecule has 0 fully saturated rings. The number of carboxylic acids is 1. The molecule has 0 radical (unpaired) electrons. The number of nitrogens with zero attached hydrogens (tertiary/aromatic N) is 1. The normalized spacial score (nSPS) is 13.0. The molecule has 0 saturated carbocycles. The van der Waals surface area contributed by atoms with E-state index in [0.717, 1.165) is 44.9 Å². The number of rotatable bonds is 53. The summed E-state index contributed by atoms with van der Waals surface area (Å²) in [6, 6.07) is 0. The van der Waals surface area contributed by atoms with Crippen LogP contribution < -0.4 is 0 Å². The minimum absolute atomic E-state index is 0.182. The molecule has 398 valence electrons. The van der Waals surface area contributed by atoms with E-state index in [-0.39, 0.29) is 32.2 Å². The van der Waals surface area contributed by atoms with E-state index in [0.29, 0.717) is 17.4 Å². The zero-order valence-corrected chi connectivity index (χ0v) is 45.3. The van der Waals surface area contributed by atoms with Crippen molar-refractivity contribution in [1.29, 1.82) is 0 Å². The summed E-state index contributed by atoms with van der Waals surface area (Å²) in [6.45, 7) is 4.89. The molecule has 0 rings (SSSR count). The van der Waals surface area contributed by atoms with Crippen LogP contribution >= 0.6 is 0 Å². The number of hydrogen-bond acceptors (Lipinski definition) is 7. The van der Waals surface area contributed by atoms with Crippen LogP contribution in [0.2, 0.25) is 0 Å². The maximum atomic E-state index is 12.9. The minimum atomic E-state index is -1.51. The van der Waals surface area contributed by atoms with Crippen molar-refractivity contribution in [2.45, 2.75) is 277 Å².